The van der Waals surface area contributed by atoms with Gasteiger partial charge in [-0.25, -0.2) is 9.18 Å². The van der Waals surface area contributed by atoms with E-state index in [1.54, 1.807) is 0 Å². The second kappa shape index (κ2) is 12.7. The van der Waals surface area contributed by atoms with Crippen molar-refractivity contribution in [3.63, 3.8) is 0 Å². The molecule has 1 heterocycles. The Kier molecular flexibility index (Phi) is 9.40. The Morgan fingerprint density at radius 1 is 0.800 bits per heavy atom. The van der Waals surface area contributed by atoms with Gasteiger partial charge in [-0.3, -0.25) is 0 Å². The highest BCUT2D eigenvalue weighted by Gasteiger charge is 2.23. The van der Waals surface area contributed by atoms with Gasteiger partial charge in [-0.15, -0.1) is 0 Å². The normalized spacial score (nSPS) is 18.5. The number of hydrogen-bond donors (Lipinski definition) is 0. The predicted molar refractivity (Wildman–Crippen MR) is 146 cm³/mol. The molecule has 0 saturated heterocycles. The van der Waals surface area contributed by atoms with Crippen LogP contribution in [0.3, 0.4) is 0 Å². The molecule has 4 rings (SSSR count). The minimum absolute atomic E-state index is 0.111. The molecule has 3 aromatic rings. The molecular weight excluding hydrogens is 435 g/mol. The molecule has 0 bridgehead atoms. The molecule has 190 valence electrons. The van der Waals surface area contributed by atoms with E-state index in [0.29, 0.717) is 28.7 Å². The quantitative estimate of drug-likeness (QED) is 0.147. The van der Waals surface area contributed by atoms with E-state index in [2.05, 4.69) is 19.9 Å². The third kappa shape index (κ3) is 6.35. The minimum atomic E-state index is -0.421. The van der Waals surface area contributed by atoms with E-state index < -0.39 is 5.63 Å². The zero-order chi connectivity index (χ0) is 24.6. The Hall–Kier alpha value is -2.16. The highest BCUT2D eigenvalue weighted by molar-refractivity contribution is 6.04. The van der Waals surface area contributed by atoms with Gasteiger partial charge in [-0.05, 0) is 67.6 Å². The summed E-state index contributed by atoms with van der Waals surface area (Å²) in [6, 6.07) is 9.99. The number of benzene rings is 2. The van der Waals surface area contributed by atoms with E-state index in [1.807, 2.05) is 24.3 Å². The summed E-state index contributed by atoms with van der Waals surface area (Å²) in [7, 11) is 0. The van der Waals surface area contributed by atoms with Gasteiger partial charge in [-0.1, -0.05) is 95.9 Å². The average molecular weight is 479 g/mol. The number of aryl methyl sites for hydroxylation is 1. The van der Waals surface area contributed by atoms with Crippen LogP contribution in [-0.2, 0) is 6.42 Å². The van der Waals surface area contributed by atoms with Gasteiger partial charge in [-0.2, -0.15) is 0 Å². The summed E-state index contributed by atoms with van der Waals surface area (Å²) in [4.78, 5) is 12.9. The topological polar surface area (TPSA) is 30.2 Å². The van der Waals surface area contributed by atoms with Crippen LogP contribution < -0.4 is 5.63 Å². The van der Waals surface area contributed by atoms with Gasteiger partial charge in [0.2, 0.25) is 0 Å². The van der Waals surface area contributed by atoms with E-state index in [4.69, 9.17) is 4.42 Å². The standard InChI is InChI=1S/C32H43FO2/c1-3-5-7-8-9-11-12-23-14-16-24(17-15-23)26-19-20-27-28-21-18-25(13-10-6-4-2)30(33)31(28)35-32(34)29(27)22-26/h18-24H,3-17H2,1-2H3. The fraction of sp³-hybridized carbons (Fsp3) is 0.594. The maximum absolute atomic E-state index is 15.1. The fourth-order valence-corrected chi connectivity index (χ4v) is 6.03. The first kappa shape index (κ1) is 25.9. The Balaban J connectivity index is 1.43. The monoisotopic (exact) mass is 478 g/mol. The summed E-state index contributed by atoms with van der Waals surface area (Å²) in [5.41, 5.74) is 1.57. The van der Waals surface area contributed by atoms with E-state index in [-0.39, 0.29) is 11.4 Å². The molecule has 0 atom stereocenters. The molecule has 0 spiro atoms. The van der Waals surface area contributed by atoms with Crippen molar-refractivity contribution in [3.8, 4) is 0 Å². The Morgan fingerprint density at radius 3 is 2.26 bits per heavy atom. The molecule has 0 N–H and O–H groups in total. The molecule has 0 radical (unpaired) electrons. The van der Waals surface area contributed by atoms with Crippen molar-refractivity contribution in [1.82, 2.24) is 0 Å². The van der Waals surface area contributed by atoms with Crippen LogP contribution in [0.5, 0.6) is 0 Å². The lowest BCUT2D eigenvalue weighted by Crippen LogP contribution is -2.14. The fourth-order valence-electron chi connectivity index (χ4n) is 6.03. The van der Waals surface area contributed by atoms with Crippen LogP contribution in [0.25, 0.3) is 21.7 Å². The van der Waals surface area contributed by atoms with Crippen LogP contribution in [0.15, 0.2) is 39.5 Å². The van der Waals surface area contributed by atoms with Crippen LogP contribution in [0, 0.1) is 11.7 Å². The van der Waals surface area contributed by atoms with E-state index >= 15 is 4.39 Å². The molecule has 2 aromatic carbocycles. The average Bonchev–Trinajstić information content (AvgIpc) is 2.88. The minimum Gasteiger partial charge on any atom is -0.419 e. The van der Waals surface area contributed by atoms with Crippen molar-refractivity contribution in [1.29, 1.82) is 0 Å². The Morgan fingerprint density at radius 2 is 1.49 bits per heavy atom. The molecule has 1 fully saturated rings. The largest absolute Gasteiger partial charge is 0.419 e. The third-order valence-corrected chi connectivity index (χ3v) is 8.26. The lowest BCUT2D eigenvalue weighted by atomic mass is 9.76. The first-order chi connectivity index (χ1) is 17.1. The summed E-state index contributed by atoms with van der Waals surface area (Å²) in [6.07, 6.45) is 18.4. The molecule has 0 aliphatic heterocycles. The van der Waals surface area contributed by atoms with E-state index in [9.17, 15) is 4.79 Å². The van der Waals surface area contributed by atoms with Gasteiger partial charge in [0.15, 0.2) is 11.4 Å². The van der Waals surface area contributed by atoms with Crippen molar-refractivity contribution in [2.75, 3.05) is 0 Å². The van der Waals surface area contributed by atoms with Gasteiger partial charge in [0.1, 0.15) is 0 Å². The molecule has 1 aromatic heterocycles. The first-order valence-electron chi connectivity index (χ1n) is 14.3. The SMILES string of the molecule is CCCCCCCCC1CCC(c2ccc3c(c2)c(=O)oc2c(F)c(CCCCC)ccc23)CC1. The van der Waals surface area contributed by atoms with Crippen molar-refractivity contribution >= 4 is 21.7 Å². The summed E-state index contributed by atoms with van der Waals surface area (Å²) >= 11 is 0. The molecule has 0 amide bonds. The molecule has 35 heavy (non-hydrogen) atoms. The number of fused-ring (bicyclic) bond motifs is 3. The van der Waals surface area contributed by atoms with E-state index in [1.165, 1.54) is 76.2 Å². The van der Waals surface area contributed by atoms with Gasteiger partial charge in [0.05, 0.1) is 5.39 Å². The zero-order valence-corrected chi connectivity index (χ0v) is 21.8. The number of halogens is 1. The van der Waals surface area contributed by atoms with Crippen LogP contribution in [0.4, 0.5) is 4.39 Å². The Bertz CT molecular complexity index is 1150. The Labute approximate surface area is 210 Å². The number of hydrogen-bond acceptors (Lipinski definition) is 2. The lowest BCUT2D eigenvalue weighted by Gasteiger charge is -2.29. The second-order valence-corrected chi connectivity index (χ2v) is 10.8. The van der Waals surface area contributed by atoms with Gasteiger partial charge in [0.25, 0.3) is 0 Å². The summed E-state index contributed by atoms with van der Waals surface area (Å²) in [5.74, 6) is 1.000. The van der Waals surface area contributed by atoms with Crippen molar-refractivity contribution < 1.29 is 8.81 Å². The molecule has 2 nitrogen and oxygen atoms in total. The maximum Gasteiger partial charge on any atom is 0.344 e. The summed E-state index contributed by atoms with van der Waals surface area (Å²) in [6.45, 7) is 4.41. The summed E-state index contributed by atoms with van der Waals surface area (Å²) < 4.78 is 20.7. The van der Waals surface area contributed by atoms with Crippen LogP contribution >= 0.6 is 0 Å². The van der Waals surface area contributed by atoms with Crippen LogP contribution in [-0.4, -0.2) is 0 Å². The summed E-state index contributed by atoms with van der Waals surface area (Å²) in [5, 5.41) is 2.09. The zero-order valence-electron chi connectivity index (χ0n) is 21.8. The van der Waals surface area contributed by atoms with Gasteiger partial charge in [0, 0.05) is 10.8 Å². The van der Waals surface area contributed by atoms with Crippen LogP contribution in [0.2, 0.25) is 0 Å². The van der Waals surface area contributed by atoms with Crippen LogP contribution in [0.1, 0.15) is 121 Å². The van der Waals surface area contributed by atoms with Gasteiger partial charge >= 0.3 is 5.63 Å². The predicted octanol–water partition coefficient (Wildman–Crippen LogP) is 9.84. The first-order valence-corrected chi connectivity index (χ1v) is 14.3. The van der Waals surface area contributed by atoms with Crippen molar-refractivity contribution in [2.45, 2.75) is 116 Å². The molecule has 1 aliphatic rings. The maximum atomic E-state index is 15.1. The lowest BCUT2D eigenvalue weighted by molar-refractivity contribution is 0.302. The van der Waals surface area contributed by atoms with E-state index in [0.717, 1.165) is 30.6 Å². The second-order valence-electron chi connectivity index (χ2n) is 10.8. The third-order valence-electron chi connectivity index (χ3n) is 8.26. The van der Waals surface area contributed by atoms with Gasteiger partial charge < -0.3 is 4.42 Å². The molecule has 1 saturated carbocycles. The number of rotatable bonds is 12. The highest BCUT2D eigenvalue weighted by Crippen LogP contribution is 2.39. The molecule has 0 unspecified atom stereocenters. The smallest absolute Gasteiger partial charge is 0.344 e. The molecular formula is C32H43FO2. The molecule has 1 aliphatic carbocycles. The highest BCUT2D eigenvalue weighted by atomic mass is 19.1. The van der Waals surface area contributed by atoms with Crippen molar-refractivity contribution in [3.05, 3.63) is 57.7 Å². The molecule has 3 heteroatoms. The number of unbranched alkanes of at least 4 members (excludes halogenated alkanes) is 7. The van der Waals surface area contributed by atoms with Crippen molar-refractivity contribution in [2.24, 2.45) is 5.92 Å².